The van der Waals surface area contributed by atoms with Crippen molar-refractivity contribution in [3.63, 3.8) is 0 Å². The Hall–Kier alpha value is -1.89. The third-order valence-corrected chi connectivity index (χ3v) is 2.80. The topological polar surface area (TPSA) is 98.7 Å². The second kappa shape index (κ2) is 4.34. The molecule has 0 aliphatic heterocycles. The van der Waals surface area contributed by atoms with Crippen LogP contribution in [0.3, 0.4) is 0 Å². The second-order valence-electron chi connectivity index (χ2n) is 5.76. The van der Waals surface area contributed by atoms with Gasteiger partial charge in [0.1, 0.15) is 0 Å². The van der Waals surface area contributed by atoms with Gasteiger partial charge in [-0.05, 0) is 27.7 Å². The number of fused-ring (bicyclic) bond motifs is 1. The van der Waals surface area contributed by atoms with Gasteiger partial charge in [0.15, 0.2) is 11.2 Å². The zero-order chi connectivity index (χ0) is 14.4. The lowest BCUT2D eigenvalue weighted by Crippen LogP contribution is -2.38. The Morgan fingerprint density at radius 2 is 2.05 bits per heavy atom. The van der Waals surface area contributed by atoms with Crippen molar-refractivity contribution in [2.75, 3.05) is 0 Å². The normalized spacial score (nSPS) is 12.5. The fourth-order valence-corrected chi connectivity index (χ4v) is 2.13. The summed E-state index contributed by atoms with van der Waals surface area (Å²) in [5.41, 5.74) is 5.40. The minimum Gasteiger partial charge on any atom is -0.324 e. The maximum atomic E-state index is 12.0. The molecule has 0 bridgehead atoms. The fraction of sp³-hybridized carbons (Fsp3) is 0.583. The largest absolute Gasteiger partial charge is 0.330 e. The SMILES string of the molecule is CC(C)n1c(=O)[nH]c(=O)c2c1ncn2CC(C)(C)N. The highest BCUT2D eigenvalue weighted by molar-refractivity contribution is 5.70. The van der Waals surface area contributed by atoms with Gasteiger partial charge >= 0.3 is 5.69 Å². The molecule has 7 nitrogen and oxygen atoms in total. The first-order valence-corrected chi connectivity index (χ1v) is 6.19. The van der Waals surface area contributed by atoms with Crippen LogP contribution in [0.1, 0.15) is 33.7 Å². The van der Waals surface area contributed by atoms with E-state index in [1.54, 1.807) is 10.9 Å². The lowest BCUT2D eigenvalue weighted by molar-refractivity contribution is 0.439. The standard InChI is InChI=1S/C12H19N5O2/c1-7(2)17-9-8(10(18)15-11(17)19)16(6-14-9)5-12(3,4)13/h6-7H,5,13H2,1-4H3,(H,15,18,19). The van der Waals surface area contributed by atoms with E-state index in [0.717, 1.165) is 0 Å². The molecule has 19 heavy (non-hydrogen) atoms. The number of hydrogen-bond donors (Lipinski definition) is 2. The molecule has 0 saturated carbocycles. The van der Waals surface area contributed by atoms with Crippen LogP contribution in [0.2, 0.25) is 0 Å². The van der Waals surface area contributed by atoms with Crippen molar-refractivity contribution < 1.29 is 0 Å². The Kier molecular flexibility index (Phi) is 3.09. The highest BCUT2D eigenvalue weighted by atomic mass is 16.2. The van der Waals surface area contributed by atoms with Gasteiger partial charge in [-0.25, -0.2) is 9.78 Å². The van der Waals surface area contributed by atoms with E-state index in [4.69, 9.17) is 5.73 Å². The number of nitrogens with one attached hydrogen (secondary N) is 1. The molecule has 0 atom stereocenters. The van der Waals surface area contributed by atoms with Crippen molar-refractivity contribution in [2.24, 2.45) is 5.73 Å². The molecule has 0 unspecified atom stereocenters. The van der Waals surface area contributed by atoms with E-state index in [9.17, 15) is 9.59 Å². The lowest BCUT2D eigenvalue weighted by Gasteiger charge is -2.19. The lowest BCUT2D eigenvalue weighted by atomic mass is 10.1. The van der Waals surface area contributed by atoms with Crippen LogP contribution in [0.4, 0.5) is 0 Å². The number of aromatic nitrogens is 4. The van der Waals surface area contributed by atoms with Gasteiger partial charge in [0, 0.05) is 18.1 Å². The molecule has 0 aliphatic rings. The number of nitrogens with zero attached hydrogens (tertiary/aromatic N) is 3. The van der Waals surface area contributed by atoms with E-state index in [1.807, 2.05) is 27.7 Å². The maximum absolute atomic E-state index is 12.0. The predicted octanol–water partition coefficient (Wildman–Crippen LogP) is 0.205. The Balaban J connectivity index is 2.77. The molecular formula is C12H19N5O2. The highest BCUT2D eigenvalue weighted by Gasteiger charge is 2.19. The predicted molar refractivity (Wildman–Crippen MR) is 73.3 cm³/mol. The van der Waals surface area contributed by atoms with Crippen LogP contribution in [0.25, 0.3) is 11.2 Å². The molecule has 2 rings (SSSR count). The van der Waals surface area contributed by atoms with Crippen LogP contribution in [-0.4, -0.2) is 24.6 Å². The number of hydrogen-bond acceptors (Lipinski definition) is 4. The second-order valence-corrected chi connectivity index (χ2v) is 5.76. The molecule has 0 amide bonds. The molecule has 7 heteroatoms. The number of imidazole rings is 1. The van der Waals surface area contributed by atoms with Crippen molar-refractivity contribution in [3.8, 4) is 0 Å². The summed E-state index contributed by atoms with van der Waals surface area (Å²) in [6.07, 6.45) is 1.55. The molecule has 0 fully saturated rings. The smallest absolute Gasteiger partial charge is 0.324 e. The molecule has 0 spiro atoms. The average Bonchev–Trinajstić information content (AvgIpc) is 2.58. The Bertz CT molecular complexity index is 714. The zero-order valence-corrected chi connectivity index (χ0v) is 11.6. The average molecular weight is 265 g/mol. The first kappa shape index (κ1) is 13.5. The van der Waals surface area contributed by atoms with Gasteiger partial charge in [0.05, 0.1) is 6.33 Å². The molecular weight excluding hydrogens is 246 g/mol. The summed E-state index contributed by atoms with van der Waals surface area (Å²) in [6, 6.07) is -0.0823. The van der Waals surface area contributed by atoms with Gasteiger partial charge in [-0.1, -0.05) is 0 Å². The molecule has 0 radical (unpaired) electrons. The van der Waals surface area contributed by atoms with Crippen molar-refractivity contribution >= 4 is 11.2 Å². The van der Waals surface area contributed by atoms with Gasteiger partial charge < -0.3 is 10.3 Å². The number of nitrogens with two attached hydrogens (primary N) is 1. The van der Waals surface area contributed by atoms with Gasteiger partial charge in [-0.3, -0.25) is 14.3 Å². The van der Waals surface area contributed by atoms with Crippen LogP contribution < -0.4 is 17.0 Å². The van der Waals surface area contributed by atoms with Crippen LogP contribution >= 0.6 is 0 Å². The highest BCUT2D eigenvalue weighted by Crippen LogP contribution is 2.13. The van der Waals surface area contributed by atoms with Crippen molar-refractivity contribution in [2.45, 2.75) is 45.8 Å². The first-order valence-electron chi connectivity index (χ1n) is 6.19. The Morgan fingerprint density at radius 1 is 1.42 bits per heavy atom. The monoisotopic (exact) mass is 265 g/mol. The molecule has 2 aromatic rings. The van der Waals surface area contributed by atoms with E-state index in [0.29, 0.717) is 17.7 Å². The van der Waals surface area contributed by atoms with Crippen LogP contribution in [0.15, 0.2) is 15.9 Å². The summed E-state index contributed by atoms with van der Waals surface area (Å²) in [4.78, 5) is 30.3. The Morgan fingerprint density at radius 3 is 2.58 bits per heavy atom. The summed E-state index contributed by atoms with van der Waals surface area (Å²) >= 11 is 0. The zero-order valence-electron chi connectivity index (χ0n) is 11.6. The van der Waals surface area contributed by atoms with E-state index in [1.165, 1.54) is 4.57 Å². The number of aromatic amines is 1. The van der Waals surface area contributed by atoms with Crippen LogP contribution in [0, 0.1) is 0 Å². The Labute approximate surface area is 110 Å². The molecule has 3 N–H and O–H groups in total. The van der Waals surface area contributed by atoms with Gasteiger partial charge in [0.25, 0.3) is 5.56 Å². The van der Waals surface area contributed by atoms with Gasteiger partial charge in [-0.2, -0.15) is 0 Å². The van der Waals surface area contributed by atoms with Crippen LogP contribution in [-0.2, 0) is 6.54 Å². The molecule has 2 heterocycles. The molecule has 104 valence electrons. The summed E-state index contributed by atoms with van der Waals surface area (Å²) in [5.74, 6) is 0. The molecule has 0 aromatic carbocycles. The molecule has 2 aromatic heterocycles. The summed E-state index contributed by atoms with van der Waals surface area (Å²) in [7, 11) is 0. The van der Waals surface area contributed by atoms with E-state index in [-0.39, 0.29) is 6.04 Å². The fourth-order valence-electron chi connectivity index (χ4n) is 2.13. The van der Waals surface area contributed by atoms with Crippen molar-refractivity contribution in [1.82, 2.24) is 19.1 Å². The van der Waals surface area contributed by atoms with E-state index in [2.05, 4.69) is 9.97 Å². The third kappa shape index (κ3) is 2.46. The number of H-pyrrole nitrogens is 1. The molecule has 0 saturated heterocycles. The first-order chi connectivity index (χ1) is 8.70. The number of rotatable bonds is 3. The summed E-state index contributed by atoms with van der Waals surface area (Å²) in [5, 5.41) is 0. The quantitative estimate of drug-likeness (QED) is 0.828. The maximum Gasteiger partial charge on any atom is 0.330 e. The minimum atomic E-state index is -0.473. The van der Waals surface area contributed by atoms with E-state index < -0.39 is 16.8 Å². The van der Waals surface area contributed by atoms with Crippen molar-refractivity contribution in [1.29, 1.82) is 0 Å². The minimum absolute atomic E-state index is 0.0823. The van der Waals surface area contributed by atoms with Crippen molar-refractivity contribution in [3.05, 3.63) is 27.2 Å². The van der Waals surface area contributed by atoms with Gasteiger partial charge in [-0.15, -0.1) is 0 Å². The van der Waals surface area contributed by atoms with E-state index >= 15 is 0 Å². The summed E-state index contributed by atoms with van der Waals surface area (Å²) in [6.45, 7) is 7.91. The third-order valence-electron chi connectivity index (χ3n) is 2.80. The van der Waals surface area contributed by atoms with Crippen LogP contribution in [0.5, 0.6) is 0 Å². The van der Waals surface area contributed by atoms with Gasteiger partial charge in [0.2, 0.25) is 0 Å². The summed E-state index contributed by atoms with van der Waals surface area (Å²) < 4.78 is 3.16. The molecule has 0 aliphatic carbocycles.